The standard InChI is InChI=1S/C12H12OS/c1-2-7-13-9-11-8-10-5-3-4-6-12(10)14-11/h2-6,8H,1,7,9H2. The summed E-state index contributed by atoms with van der Waals surface area (Å²) in [7, 11) is 0. The Kier molecular flexibility index (Phi) is 2.96. The maximum Gasteiger partial charge on any atom is 0.0814 e. The molecule has 14 heavy (non-hydrogen) atoms. The van der Waals surface area contributed by atoms with E-state index in [0.717, 1.165) is 0 Å². The average Bonchev–Trinajstić information content (AvgIpc) is 2.60. The number of fused-ring (bicyclic) bond motifs is 1. The lowest BCUT2D eigenvalue weighted by molar-refractivity contribution is 0.151. The Morgan fingerprint density at radius 3 is 3.00 bits per heavy atom. The van der Waals surface area contributed by atoms with E-state index in [4.69, 9.17) is 4.74 Å². The first-order valence-electron chi connectivity index (χ1n) is 4.56. The van der Waals surface area contributed by atoms with Gasteiger partial charge in [-0.2, -0.15) is 0 Å². The van der Waals surface area contributed by atoms with Crippen molar-refractivity contribution in [1.29, 1.82) is 0 Å². The minimum absolute atomic E-state index is 0.619. The van der Waals surface area contributed by atoms with E-state index in [0.29, 0.717) is 13.2 Å². The van der Waals surface area contributed by atoms with Gasteiger partial charge in [0.1, 0.15) is 0 Å². The Labute approximate surface area is 87.6 Å². The van der Waals surface area contributed by atoms with Crippen LogP contribution in [-0.4, -0.2) is 6.61 Å². The second-order valence-corrected chi connectivity index (χ2v) is 4.22. The normalized spacial score (nSPS) is 10.6. The molecule has 0 fully saturated rings. The summed E-state index contributed by atoms with van der Waals surface area (Å²) in [5.41, 5.74) is 0. The van der Waals surface area contributed by atoms with Gasteiger partial charge < -0.3 is 4.74 Å². The lowest BCUT2D eigenvalue weighted by Crippen LogP contribution is -1.88. The molecule has 0 atom stereocenters. The van der Waals surface area contributed by atoms with Crippen LogP contribution in [0, 0.1) is 0 Å². The number of ether oxygens (including phenoxy) is 1. The van der Waals surface area contributed by atoms with E-state index in [2.05, 4.69) is 36.9 Å². The fourth-order valence-corrected chi connectivity index (χ4v) is 2.35. The third kappa shape index (κ3) is 2.03. The van der Waals surface area contributed by atoms with Crippen molar-refractivity contribution >= 4 is 21.4 Å². The van der Waals surface area contributed by atoms with Gasteiger partial charge >= 0.3 is 0 Å². The molecule has 1 aromatic carbocycles. The first-order valence-corrected chi connectivity index (χ1v) is 5.38. The van der Waals surface area contributed by atoms with Crippen LogP contribution in [0.4, 0.5) is 0 Å². The predicted octanol–water partition coefficient (Wildman–Crippen LogP) is 3.60. The molecule has 72 valence electrons. The van der Waals surface area contributed by atoms with E-state index in [1.165, 1.54) is 15.0 Å². The molecule has 0 spiro atoms. The molecule has 0 saturated heterocycles. The molecule has 2 heteroatoms. The van der Waals surface area contributed by atoms with Crippen molar-refractivity contribution in [2.24, 2.45) is 0 Å². The van der Waals surface area contributed by atoms with Gasteiger partial charge in [0.15, 0.2) is 0 Å². The van der Waals surface area contributed by atoms with Crippen LogP contribution in [0.1, 0.15) is 4.88 Å². The molecule has 0 aliphatic rings. The van der Waals surface area contributed by atoms with E-state index in [-0.39, 0.29) is 0 Å². The van der Waals surface area contributed by atoms with Crippen LogP contribution in [0.25, 0.3) is 10.1 Å². The summed E-state index contributed by atoms with van der Waals surface area (Å²) in [6, 6.07) is 10.6. The highest BCUT2D eigenvalue weighted by Crippen LogP contribution is 2.25. The SMILES string of the molecule is C=CCOCc1cc2ccccc2s1. The number of rotatable bonds is 4. The van der Waals surface area contributed by atoms with E-state index in [1.54, 1.807) is 17.4 Å². The van der Waals surface area contributed by atoms with Gasteiger partial charge in [-0.1, -0.05) is 24.3 Å². The van der Waals surface area contributed by atoms with E-state index in [1.807, 2.05) is 0 Å². The molecule has 1 nitrogen and oxygen atoms in total. The summed E-state index contributed by atoms with van der Waals surface area (Å²) in [6.45, 7) is 4.92. The third-order valence-corrected chi connectivity index (χ3v) is 3.05. The van der Waals surface area contributed by atoms with Crippen LogP contribution < -0.4 is 0 Å². The fourth-order valence-electron chi connectivity index (χ4n) is 1.35. The van der Waals surface area contributed by atoms with Crippen molar-refractivity contribution in [3.63, 3.8) is 0 Å². The van der Waals surface area contributed by atoms with Gasteiger partial charge in [-0.3, -0.25) is 0 Å². The maximum absolute atomic E-state index is 5.39. The number of benzene rings is 1. The second kappa shape index (κ2) is 4.40. The molecule has 0 radical (unpaired) electrons. The molecular formula is C12H12OS. The van der Waals surface area contributed by atoms with Crippen molar-refractivity contribution in [3.05, 3.63) is 47.9 Å². The van der Waals surface area contributed by atoms with Gasteiger partial charge in [-0.05, 0) is 17.5 Å². The van der Waals surface area contributed by atoms with E-state index < -0.39 is 0 Å². The Morgan fingerprint density at radius 2 is 2.21 bits per heavy atom. The highest BCUT2D eigenvalue weighted by molar-refractivity contribution is 7.19. The summed E-state index contributed by atoms with van der Waals surface area (Å²) in [6.07, 6.45) is 1.77. The van der Waals surface area contributed by atoms with Gasteiger partial charge in [0.2, 0.25) is 0 Å². The van der Waals surface area contributed by atoms with Crippen molar-refractivity contribution in [3.8, 4) is 0 Å². The summed E-state index contributed by atoms with van der Waals surface area (Å²) >= 11 is 1.79. The van der Waals surface area contributed by atoms with Crippen LogP contribution in [0.2, 0.25) is 0 Å². The summed E-state index contributed by atoms with van der Waals surface area (Å²) in [4.78, 5) is 1.27. The van der Waals surface area contributed by atoms with Gasteiger partial charge in [-0.15, -0.1) is 17.9 Å². The summed E-state index contributed by atoms with van der Waals surface area (Å²) in [5, 5.41) is 1.30. The molecule has 0 unspecified atom stereocenters. The Hall–Kier alpha value is -1.12. The third-order valence-electron chi connectivity index (χ3n) is 1.96. The molecule has 0 aliphatic carbocycles. The zero-order valence-electron chi connectivity index (χ0n) is 7.90. The Balaban J connectivity index is 2.14. The molecule has 2 rings (SSSR count). The van der Waals surface area contributed by atoms with Crippen LogP contribution in [0.3, 0.4) is 0 Å². The highest BCUT2D eigenvalue weighted by Gasteiger charge is 1.99. The second-order valence-electron chi connectivity index (χ2n) is 3.05. The molecule has 0 N–H and O–H groups in total. The molecule has 1 heterocycles. The molecule has 0 saturated carbocycles. The smallest absolute Gasteiger partial charge is 0.0814 e. The lowest BCUT2D eigenvalue weighted by Gasteiger charge is -1.95. The first kappa shape index (κ1) is 9.44. The Bertz CT molecular complexity index is 398. The van der Waals surface area contributed by atoms with Crippen molar-refractivity contribution in [2.75, 3.05) is 6.61 Å². The number of hydrogen-bond donors (Lipinski definition) is 0. The first-order chi connectivity index (χ1) is 6.90. The average molecular weight is 204 g/mol. The van der Waals surface area contributed by atoms with Gasteiger partial charge in [0.25, 0.3) is 0 Å². The molecule has 1 aromatic heterocycles. The minimum Gasteiger partial charge on any atom is -0.372 e. The molecule has 0 aliphatic heterocycles. The quantitative estimate of drug-likeness (QED) is 0.546. The zero-order chi connectivity index (χ0) is 9.80. The summed E-state index contributed by atoms with van der Waals surface area (Å²) in [5.74, 6) is 0. The van der Waals surface area contributed by atoms with Gasteiger partial charge in [0, 0.05) is 9.58 Å². The zero-order valence-corrected chi connectivity index (χ0v) is 8.72. The van der Waals surface area contributed by atoms with Crippen molar-refractivity contribution < 1.29 is 4.74 Å². The van der Waals surface area contributed by atoms with Gasteiger partial charge in [-0.25, -0.2) is 0 Å². The van der Waals surface area contributed by atoms with E-state index in [9.17, 15) is 0 Å². The van der Waals surface area contributed by atoms with Crippen molar-refractivity contribution in [1.82, 2.24) is 0 Å². The maximum atomic E-state index is 5.39. The monoisotopic (exact) mass is 204 g/mol. The van der Waals surface area contributed by atoms with Crippen LogP contribution in [0.5, 0.6) is 0 Å². The number of hydrogen-bond acceptors (Lipinski definition) is 2. The lowest BCUT2D eigenvalue weighted by atomic mass is 10.2. The topological polar surface area (TPSA) is 9.23 Å². The highest BCUT2D eigenvalue weighted by atomic mass is 32.1. The molecule has 0 bridgehead atoms. The fraction of sp³-hybridized carbons (Fsp3) is 0.167. The number of thiophene rings is 1. The predicted molar refractivity (Wildman–Crippen MR) is 61.7 cm³/mol. The Morgan fingerprint density at radius 1 is 1.36 bits per heavy atom. The minimum atomic E-state index is 0.619. The molecule has 2 aromatic rings. The largest absolute Gasteiger partial charge is 0.372 e. The molecule has 0 amide bonds. The van der Waals surface area contributed by atoms with Crippen LogP contribution in [0.15, 0.2) is 43.0 Å². The van der Waals surface area contributed by atoms with Gasteiger partial charge in [0.05, 0.1) is 13.2 Å². The van der Waals surface area contributed by atoms with E-state index >= 15 is 0 Å². The van der Waals surface area contributed by atoms with Crippen molar-refractivity contribution in [2.45, 2.75) is 6.61 Å². The molecular weight excluding hydrogens is 192 g/mol. The van der Waals surface area contributed by atoms with Crippen LogP contribution in [-0.2, 0) is 11.3 Å². The summed E-state index contributed by atoms with van der Waals surface area (Å²) < 4.78 is 6.71. The van der Waals surface area contributed by atoms with Crippen LogP contribution >= 0.6 is 11.3 Å².